The molecule has 2 bridgehead atoms. The van der Waals surface area contributed by atoms with Gasteiger partial charge in [0.15, 0.2) is 0 Å². The van der Waals surface area contributed by atoms with Crippen LogP contribution >= 0.6 is 0 Å². The van der Waals surface area contributed by atoms with Crippen LogP contribution in [-0.2, 0) is 19.1 Å². The topological polar surface area (TPSA) is 115 Å². The van der Waals surface area contributed by atoms with Gasteiger partial charge in [-0.2, -0.15) is 18.4 Å². The minimum absolute atomic E-state index is 0.0578. The number of amides is 3. The molecule has 0 aromatic rings. The second kappa shape index (κ2) is 10.8. The zero-order valence-electron chi connectivity index (χ0n) is 22.6. The number of hydrogen-bond donors (Lipinski definition) is 2. The van der Waals surface area contributed by atoms with Crippen molar-refractivity contribution in [2.75, 3.05) is 26.2 Å². The van der Waals surface area contributed by atoms with E-state index in [2.05, 4.69) is 10.6 Å². The van der Waals surface area contributed by atoms with Crippen LogP contribution in [0.2, 0.25) is 0 Å². The molecule has 5 aliphatic heterocycles. The van der Waals surface area contributed by atoms with E-state index in [4.69, 9.17) is 4.74 Å². The van der Waals surface area contributed by atoms with E-state index < -0.39 is 66.0 Å². The molecular formula is C28H35F4N5O4. The fraction of sp³-hybridized carbons (Fsp3) is 0.786. The third-order valence-electron chi connectivity index (χ3n) is 9.94. The third-order valence-corrected chi connectivity index (χ3v) is 9.94. The zero-order chi connectivity index (χ0) is 29.1. The van der Waals surface area contributed by atoms with Crippen LogP contribution in [0.4, 0.5) is 17.6 Å². The molecule has 7 rings (SSSR count). The predicted molar refractivity (Wildman–Crippen MR) is 135 cm³/mol. The van der Waals surface area contributed by atoms with Crippen molar-refractivity contribution in [3.05, 3.63) is 11.6 Å². The second-order valence-electron chi connectivity index (χ2n) is 12.5. The van der Waals surface area contributed by atoms with E-state index in [0.717, 1.165) is 6.42 Å². The van der Waals surface area contributed by atoms with Gasteiger partial charge in [0, 0.05) is 68.2 Å². The molecule has 10 atom stereocenters. The summed E-state index contributed by atoms with van der Waals surface area (Å²) in [5.74, 6) is -5.58. The number of alkyl halides is 4. The molecule has 224 valence electrons. The highest BCUT2D eigenvalue weighted by molar-refractivity contribution is 6.03. The van der Waals surface area contributed by atoms with Gasteiger partial charge >= 0.3 is 6.18 Å². The molecule has 7 aliphatic rings. The molecule has 0 spiro atoms. The van der Waals surface area contributed by atoms with Crippen LogP contribution in [0.1, 0.15) is 44.9 Å². The maximum absolute atomic E-state index is 14.5. The van der Waals surface area contributed by atoms with Crippen LogP contribution in [0.5, 0.6) is 0 Å². The Bertz CT molecular complexity index is 1140. The number of carbonyl (C=O) groups is 3. The minimum atomic E-state index is -4.60. The number of halogens is 4. The molecule has 5 heterocycles. The van der Waals surface area contributed by atoms with E-state index in [9.17, 15) is 37.2 Å². The molecule has 2 aliphatic carbocycles. The molecule has 0 aromatic heterocycles. The fourth-order valence-electron chi connectivity index (χ4n) is 8.04. The molecule has 0 radical (unpaired) electrons. The smallest absolute Gasteiger partial charge is 0.371 e. The molecule has 9 unspecified atom stereocenters. The van der Waals surface area contributed by atoms with Gasteiger partial charge in [0.1, 0.15) is 6.17 Å². The summed E-state index contributed by atoms with van der Waals surface area (Å²) in [6, 6.07) is -0.419. The summed E-state index contributed by atoms with van der Waals surface area (Å²) in [5, 5.41) is 15.1. The van der Waals surface area contributed by atoms with Crippen molar-refractivity contribution in [1.82, 2.24) is 20.4 Å². The quantitative estimate of drug-likeness (QED) is 0.490. The van der Waals surface area contributed by atoms with Crippen molar-refractivity contribution >= 4 is 17.7 Å². The Morgan fingerprint density at radius 2 is 1.83 bits per heavy atom. The maximum atomic E-state index is 14.5. The van der Waals surface area contributed by atoms with Crippen LogP contribution in [0, 0.1) is 35.0 Å². The molecule has 41 heavy (non-hydrogen) atoms. The lowest BCUT2D eigenvalue weighted by molar-refractivity contribution is -0.214. The van der Waals surface area contributed by atoms with Gasteiger partial charge in [0.05, 0.1) is 36.2 Å². The first kappa shape index (κ1) is 28.4. The normalized spacial score (nSPS) is 40.9. The van der Waals surface area contributed by atoms with Gasteiger partial charge < -0.3 is 20.3 Å². The number of rotatable bonds is 4. The van der Waals surface area contributed by atoms with Crippen molar-refractivity contribution in [1.29, 1.82) is 5.26 Å². The summed E-state index contributed by atoms with van der Waals surface area (Å²) in [6.45, 7) is 1.04. The highest BCUT2D eigenvalue weighted by Crippen LogP contribution is 2.46. The van der Waals surface area contributed by atoms with Gasteiger partial charge in [-0.05, 0) is 38.5 Å². The molecule has 3 amide bonds. The first-order valence-electron chi connectivity index (χ1n) is 14.6. The van der Waals surface area contributed by atoms with Crippen LogP contribution in [-0.4, -0.2) is 96.4 Å². The average Bonchev–Trinajstić information content (AvgIpc) is 3.39. The van der Waals surface area contributed by atoms with Crippen molar-refractivity contribution in [2.24, 2.45) is 23.7 Å². The van der Waals surface area contributed by atoms with Gasteiger partial charge in [-0.25, -0.2) is 4.39 Å². The minimum Gasteiger partial charge on any atom is -0.371 e. The standard InChI is InChI=1S/C28H35F4N5O4/c29-22-3-1-2-18-19(9-23(38)35-24(18)22)26(39)34-15-4-5-36(11-15)25-20(6-14(10-33)7-21(25)28(30,31)32)27(40)37-12-16-8-17(13-37)41-16/h9,14-18,20-22,24-25H,1-8,11-13H2,(H,34,39)(H,35,38)/t14?,15-,16?,17?,18?,20?,21?,22?,24?,25?/m1/s1. The number of likely N-dealkylation sites (tertiary alicyclic amines) is 1. The molecule has 13 heteroatoms. The lowest BCUT2D eigenvalue weighted by Gasteiger charge is -2.50. The lowest BCUT2D eigenvalue weighted by atomic mass is 9.70. The van der Waals surface area contributed by atoms with E-state index >= 15 is 0 Å². The summed E-state index contributed by atoms with van der Waals surface area (Å²) >= 11 is 0. The SMILES string of the molecule is N#CC1CC(C(=O)N2CC3CC(C2)O3)C(N2CC[C@@H](NC(=O)C3=CC(=O)NC4C(F)CCCC34)C2)C(C(F)(F)F)C1. The molecule has 0 aromatic carbocycles. The summed E-state index contributed by atoms with van der Waals surface area (Å²) in [6.07, 6.45) is -2.48. The lowest BCUT2D eigenvalue weighted by Crippen LogP contribution is -2.63. The van der Waals surface area contributed by atoms with E-state index in [1.807, 2.05) is 6.07 Å². The molecule has 2 saturated carbocycles. The predicted octanol–water partition coefficient (Wildman–Crippen LogP) is 1.84. The highest BCUT2D eigenvalue weighted by Gasteiger charge is 2.57. The molecule has 4 saturated heterocycles. The number of nitrogens with one attached hydrogen (secondary N) is 2. The van der Waals surface area contributed by atoms with Crippen molar-refractivity contribution in [3.63, 3.8) is 0 Å². The van der Waals surface area contributed by atoms with Gasteiger partial charge in [0.25, 0.3) is 0 Å². The fourth-order valence-corrected chi connectivity index (χ4v) is 8.04. The number of nitriles is 1. The molecule has 6 fully saturated rings. The maximum Gasteiger partial charge on any atom is 0.393 e. The number of fused-ring (bicyclic) bond motifs is 3. The van der Waals surface area contributed by atoms with Gasteiger partial charge in [-0.3, -0.25) is 19.3 Å². The molecule has 9 nitrogen and oxygen atoms in total. The van der Waals surface area contributed by atoms with Gasteiger partial charge in [-0.15, -0.1) is 0 Å². The molecular weight excluding hydrogens is 546 g/mol. The summed E-state index contributed by atoms with van der Waals surface area (Å²) in [4.78, 5) is 42.4. The van der Waals surface area contributed by atoms with Crippen molar-refractivity contribution in [3.8, 4) is 6.07 Å². The largest absolute Gasteiger partial charge is 0.393 e. The Balaban J connectivity index is 1.19. The Labute approximate surface area is 235 Å². The number of piperidine rings is 1. The van der Waals surface area contributed by atoms with Gasteiger partial charge in [-0.1, -0.05) is 0 Å². The number of carbonyl (C=O) groups excluding carboxylic acids is 3. The monoisotopic (exact) mass is 581 g/mol. The first-order valence-corrected chi connectivity index (χ1v) is 14.6. The Kier molecular flexibility index (Phi) is 7.51. The van der Waals surface area contributed by atoms with Crippen LogP contribution in [0.25, 0.3) is 0 Å². The number of hydrogen-bond acceptors (Lipinski definition) is 6. The Morgan fingerprint density at radius 1 is 1.10 bits per heavy atom. The second-order valence-corrected chi connectivity index (χ2v) is 12.5. The summed E-state index contributed by atoms with van der Waals surface area (Å²) in [7, 11) is 0. The third kappa shape index (κ3) is 5.45. The number of ether oxygens (including phenoxy) is 1. The zero-order valence-corrected chi connectivity index (χ0v) is 22.6. The first-order chi connectivity index (χ1) is 19.5. The highest BCUT2D eigenvalue weighted by atomic mass is 19.4. The van der Waals surface area contributed by atoms with E-state index in [0.29, 0.717) is 38.8 Å². The van der Waals surface area contributed by atoms with Crippen molar-refractivity contribution in [2.45, 2.75) is 87.6 Å². The van der Waals surface area contributed by atoms with Crippen LogP contribution < -0.4 is 10.6 Å². The number of nitrogens with zero attached hydrogens (tertiary/aromatic N) is 3. The van der Waals surface area contributed by atoms with Crippen molar-refractivity contribution < 1.29 is 36.7 Å². The Morgan fingerprint density at radius 3 is 2.51 bits per heavy atom. The van der Waals surface area contributed by atoms with Crippen LogP contribution in [0.15, 0.2) is 11.6 Å². The average molecular weight is 582 g/mol. The number of morpholine rings is 1. The van der Waals surface area contributed by atoms with Gasteiger partial charge in [0.2, 0.25) is 17.7 Å². The van der Waals surface area contributed by atoms with E-state index in [-0.39, 0.29) is 49.6 Å². The molecule has 2 N–H and O–H groups in total. The Hall–Kier alpha value is -2.72. The van der Waals surface area contributed by atoms with E-state index in [1.165, 1.54) is 6.08 Å². The summed E-state index contributed by atoms with van der Waals surface area (Å²) in [5.41, 5.74) is 0.209. The van der Waals surface area contributed by atoms with E-state index in [1.54, 1.807) is 9.80 Å². The summed E-state index contributed by atoms with van der Waals surface area (Å²) < 4.78 is 63.5. The van der Waals surface area contributed by atoms with Crippen LogP contribution in [0.3, 0.4) is 0 Å².